The first-order valence-corrected chi connectivity index (χ1v) is 11.7. The number of anilines is 2. The maximum Gasteiger partial charge on any atom is 0.277 e. The van der Waals surface area contributed by atoms with Gasteiger partial charge in [0.05, 0.1) is 11.7 Å². The maximum atomic E-state index is 12.9. The van der Waals surface area contributed by atoms with Crippen molar-refractivity contribution in [3.8, 4) is 11.5 Å². The first kappa shape index (κ1) is 23.5. The van der Waals surface area contributed by atoms with Gasteiger partial charge in [0.25, 0.3) is 11.8 Å². The second kappa shape index (κ2) is 10.1. The molecular formula is C24H31N7O3. The van der Waals surface area contributed by atoms with Crippen LogP contribution in [0.1, 0.15) is 73.5 Å². The number of hydrogen-bond acceptors (Lipinski definition) is 7. The van der Waals surface area contributed by atoms with E-state index < -0.39 is 11.8 Å². The number of rotatable bonds is 8. The molecule has 1 aliphatic rings. The fraction of sp³-hybridized carbons (Fsp3) is 0.458. The molecule has 0 aliphatic heterocycles. The number of aromatic nitrogens is 4. The Kier molecular flexibility index (Phi) is 6.95. The monoisotopic (exact) mass is 465 g/mol. The molecule has 0 spiro atoms. The Morgan fingerprint density at radius 3 is 2.71 bits per heavy atom. The smallest absolute Gasteiger partial charge is 0.277 e. The molecule has 10 heteroatoms. The average Bonchev–Trinajstić information content (AvgIpc) is 3.48. The quantitative estimate of drug-likeness (QED) is 0.455. The summed E-state index contributed by atoms with van der Waals surface area (Å²) in [5.74, 6) is 1.13. The van der Waals surface area contributed by atoms with Gasteiger partial charge in [0.1, 0.15) is 12.1 Å². The number of nitrogens with zero attached hydrogens (tertiary/aromatic N) is 4. The van der Waals surface area contributed by atoms with Crippen molar-refractivity contribution in [2.24, 2.45) is 17.6 Å². The number of nitrogens with two attached hydrogens (primary N) is 1. The van der Waals surface area contributed by atoms with E-state index in [1.165, 1.54) is 6.26 Å². The first-order chi connectivity index (χ1) is 16.4. The van der Waals surface area contributed by atoms with Crippen molar-refractivity contribution in [1.82, 2.24) is 19.7 Å². The fourth-order valence-corrected chi connectivity index (χ4v) is 4.42. The SMILES string of the molecule is CCNc1cc(-c2nc(C(=O)Nc3cn(C4CCC(C(C)C)CC4)nc3C(N)=O)co2)ccn1. The van der Waals surface area contributed by atoms with Crippen molar-refractivity contribution in [1.29, 1.82) is 0 Å². The molecule has 2 amide bonds. The zero-order valence-electron chi connectivity index (χ0n) is 19.7. The third-order valence-electron chi connectivity index (χ3n) is 6.37. The Labute approximate surface area is 198 Å². The van der Waals surface area contributed by atoms with Gasteiger partial charge in [-0.2, -0.15) is 5.10 Å². The number of carbonyl (C=O) groups is 2. The lowest BCUT2D eigenvalue weighted by molar-refractivity contribution is 0.0994. The molecule has 0 radical (unpaired) electrons. The molecule has 4 rings (SSSR count). The second-order valence-corrected chi connectivity index (χ2v) is 9.00. The minimum atomic E-state index is -0.696. The van der Waals surface area contributed by atoms with Crippen LogP contribution in [0.4, 0.5) is 11.5 Å². The summed E-state index contributed by atoms with van der Waals surface area (Å²) >= 11 is 0. The van der Waals surface area contributed by atoms with Crippen LogP contribution in [-0.2, 0) is 0 Å². The van der Waals surface area contributed by atoms with Gasteiger partial charge in [-0.15, -0.1) is 0 Å². The van der Waals surface area contributed by atoms with Crippen molar-refractivity contribution in [3.63, 3.8) is 0 Å². The lowest BCUT2D eigenvalue weighted by Gasteiger charge is -2.30. The number of pyridine rings is 1. The molecule has 34 heavy (non-hydrogen) atoms. The van der Waals surface area contributed by atoms with E-state index in [-0.39, 0.29) is 23.1 Å². The van der Waals surface area contributed by atoms with Crippen LogP contribution < -0.4 is 16.4 Å². The Balaban J connectivity index is 1.49. The van der Waals surface area contributed by atoms with Gasteiger partial charge in [0.15, 0.2) is 11.4 Å². The number of oxazole rings is 1. The molecule has 0 saturated heterocycles. The van der Waals surface area contributed by atoms with Crippen molar-refractivity contribution in [2.45, 2.75) is 52.5 Å². The van der Waals surface area contributed by atoms with Gasteiger partial charge in [-0.05, 0) is 56.6 Å². The number of amides is 2. The van der Waals surface area contributed by atoms with Crippen molar-refractivity contribution in [3.05, 3.63) is 42.2 Å². The topological polar surface area (TPSA) is 141 Å². The van der Waals surface area contributed by atoms with Crippen molar-refractivity contribution in [2.75, 3.05) is 17.2 Å². The normalized spacial score (nSPS) is 18.1. The summed E-state index contributed by atoms with van der Waals surface area (Å²) in [4.78, 5) is 33.4. The first-order valence-electron chi connectivity index (χ1n) is 11.7. The number of nitrogens with one attached hydrogen (secondary N) is 2. The fourth-order valence-electron chi connectivity index (χ4n) is 4.42. The number of hydrogen-bond donors (Lipinski definition) is 3. The Hall–Kier alpha value is -3.69. The van der Waals surface area contributed by atoms with Crippen LogP contribution in [0.5, 0.6) is 0 Å². The van der Waals surface area contributed by atoms with Crippen LogP contribution in [-0.4, -0.2) is 38.1 Å². The molecule has 3 heterocycles. The van der Waals surface area contributed by atoms with Crippen molar-refractivity contribution < 1.29 is 14.0 Å². The summed E-state index contributed by atoms with van der Waals surface area (Å²) < 4.78 is 7.27. The van der Waals surface area contributed by atoms with E-state index in [2.05, 4.69) is 39.5 Å². The molecule has 0 aromatic carbocycles. The highest BCUT2D eigenvalue weighted by Gasteiger charge is 2.27. The summed E-state index contributed by atoms with van der Waals surface area (Å²) in [7, 11) is 0. The van der Waals surface area contributed by atoms with E-state index in [0.29, 0.717) is 29.1 Å². The van der Waals surface area contributed by atoms with Crippen LogP contribution in [0.2, 0.25) is 0 Å². The standard InChI is InChI=1S/C24H31N7O3/c1-4-26-20-11-16(9-10-27-20)24-29-19(13-34-24)23(33)28-18-12-31(30-21(18)22(25)32)17-7-5-15(6-8-17)14(2)3/h9-15,17H,4-8H2,1-3H3,(H2,25,32)(H,26,27)(H,28,33). The number of carbonyl (C=O) groups excluding carboxylic acids is 2. The van der Waals surface area contributed by atoms with Crippen LogP contribution >= 0.6 is 0 Å². The largest absolute Gasteiger partial charge is 0.444 e. The summed E-state index contributed by atoms with van der Waals surface area (Å²) in [5.41, 5.74) is 6.61. The van der Waals surface area contributed by atoms with Crippen LogP contribution in [0, 0.1) is 11.8 Å². The Bertz CT molecular complexity index is 1160. The molecule has 3 aromatic heterocycles. The summed E-state index contributed by atoms with van der Waals surface area (Å²) in [6, 6.07) is 3.72. The molecule has 180 valence electrons. The van der Waals surface area contributed by atoms with E-state index in [9.17, 15) is 9.59 Å². The van der Waals surface area contributed by atoms with E-state index in [4.69, 9.17) is 10.2 Å². The summed E-state index contributed by atoms with van der Waals surface area (Å²) in [6.07, 6.45) is 8.78. The minimum absolute atomic E-state index is 0.0347. The lowest BCUT2D eigenvalue weighted by Crippen LogP contribution is -2.22. The number of primary amides is 1. The predicted octanol–water partition coefficient (Wildman–Crippen LogP) is 4.10. The predicted molar refractivity (Wildman–Crippen MR) is 128 cm³/mol. The molecule has 1 fully saturated rings. The Morgan fingerprint density at radius 1 is 1.26 bits per heavy atom. The van der Waals surface area contributed by atoms with E-state index in [0.717, 1.165) is 32.2 Å². The van der Waals surface area contributed by atoms with E-state index >= 15 is 0 Å². The second-order valence-electron chi connectivity index (χ2n) is 9.00. The highest BCUT2D eigenvalue weighted by molar-refractivity contribution is 6.07. The zero-order valence-corrected chi connectivity index (χ0v) is 19.7. The molecule has 1 aliphatic carbocycles. The highest BCUT2D eigenvalue weighted by Crippen LogP contribution is 2.36. The van der Waals surface area contributed by atoms with Gasteiger partial charge in [-0.25, -0.2) is 9.97 Å². The van der Waals surface area contributed by atoms with Crippen LogP contribution in [0.25, 0.3) is 11.5 Å². The molecule has 0 bridgehead atoms. The van der Waals surface area contributed by atoms with E-state index in [1.807, 2.05) is 6.92 Å². The zero-order chi connectivity index (χ0) is 24.2. The highest BCUT2D eigenvalue weighted by atomic mass is 16.3. The van der Waals surface area contributed by atoms with Gasteiger partial charge >= 0.3 is 0 Å². The van der Waals surface area contributed by atoms with Gasteiger partial charge in [-0.3, -0.25) is 14.3 Å². The van der Waals surface area contributed by atoms with Crippen molar-refractivity contribution >= 4 is 23.3 Å². The summed E-state index contributed by atoms with van der Waals surface area (Å²) in [6.45, 7) is 7.21. The maximum absolute atomic E-state index is 12.9. The van der Waals surface area contributed by atoms with Gasteiger partial charge in [0.2, 0.25) is 5.89 Å². The minimum Gasteiger partial charge on any atom is -0.444 e. The van der Waals surface area contributed by atoms with E-state index in [1.54, 1.807) is 29.2 Å². The van der Waals surface area contributed by atoms with Gasteiger partial charge in [0, 0.05) is 24.5 Å². The third-order valence-corrected chi connectivity index (χ3v) is 6.37. The third kappa shape index (κ3) is 5.11. The molecule has 3 aromatic rings. The molecule has 0 atom stereocenters. The molecular weight excluding hydrogens is 434 g/mol. The van der Waals surface area contributed by atoms with Crippen LogP contribution in [0.15, 0.2) is 35.2 Å². The Morgan fingerprint density at radius 2 is 2.03 bits per heavy atom. The molecule has 4 N–H and O–H groups in total. The molecule has 1 saturated carbocycles. The average molecular weight is 466 g/mol. The molecule has 0 unspecified atom stereocenters. The van der Waals surface area contributed by atoms with Gasteiger partial charge in [-0.1, -0.05) is 13.8 Å². The summed E-state index contributed by atoms with van der Waals surface area (Å²) in [5, 5.41) is 10.2. The lowest BCUT2D eigenvalue weighted by atomic mass is 9.80. The van der Waals surface area contributed by atoms with Gasteiger partial charge < -0.3 is 20.8 Å². The van der Waals surface area contributed by atoms with Crippen LogP contribution in [0.3, 0.4) is 0 Å². The molecule has 10 nitrogen and oxygen atoms in total.